The zero-order valence-corrected chi connectivity index (χ0v) is 14.3. The number of hydrogen-bond acceptors (Lipinski definition) is 4. The van der Waals surface area contributed by atoms with Crippen LogP contribution in [0.5, 0.6) is 11.5 Å². The Morgan fingerprint density at radius 3 is 2.79 bits per heavy atom. The van der Waals surface area contributed by atoms with E-state index in [4.69, 9.17) is 9.47 Å². The molecule has 4 heteroatoms. The van der Waals surface area contributed by atoms with Crippen molar-refractivity contribution in [3.05, 3.63) is 59.2 Å². The summed E-state index contributed by atoms with van der Waals surface area (Å²) in [6.07, 6.45) is 1.43. The number of aliphatic hydroxyl groups excluding tert-OH is 1. The molecule has 0 aliphatic carbocycles. The van der Waals surface area contributed by atoms with Crippen molar-refractivity contribution in [3.63, 3.8) is 0 Å². The highest BCUT2D eigenvalue weighted by Crippen LogP contribution is 2.34. The van der Waals surface area contributed by atoms with Crippen LogP contribution in [-0.4, -0.2) is 25.4 Å². The SMILES string of the molecule is COc1ccc2c(c1)C(NCC(O)c1ccc(C)cc1)CCCO2. The van der Waals surface area contributed by atoms with Gasteiger partial charge in [-0.1, -0.05) is 29.8 Å². The molecule has 0 amide bonds. The van der Waals surface area contributed by atoms with Crippen molar-refractivity contribution in [2.75, 3.05) is 20.3 Å². The first-order valence-electron chi connectivity index (χ1n) is 8.46. The molecule has 2 unspecified atom stereocenters. The molecular formula is C20H25NO3. The molecule has 0 aromatic heterocycles. The Balaban J connectivity index is 1.71. The van der Waals surface area contributed by atoms with Gasteiger partial charge in [-0.25, -0.2) is 0 Å². The molecule has 2 aromatic carbocycles. The van der Waals surface area contributed by atoms with Crippen molar-refractivity contribution in [1.82, 2.24) is 5.32 Å². The summed E-state index contributed by atoms with van der Waals surface area (Å²) in [7, 11) is 1.67. The molecule has 2 aromatic rings. The average molecular weight is 327 g/mol. The molecule has 3 rings (SSSR count). The van der Waals surface area contributed by atoms with Crippen LogP contribution in [-0.2, 0) is 0 Å². The van der Waals surface area contributed by atoms with Crippen LogP contribution in [0.3, 0.4) is 0 Å². The molecule has 0 spiro atoms. The van der Waals surface area contributed by atoms with Crippen molar-refractivity contribution in [2.45, 2.75) is 31.9 Å². The van der Waals surface area contributed by atoms with Gasteiger partial charge in [-0.15, -0.1) is 0 Å². The Morgan fingerprint density at radius 1 is 1.25 bits per heavy atom. The molecule has 0 fully saturated rings. The summed E-state index contributed by atoms with van der Waals surface area (Å²) < 4.78 is 11.2. The third-order valence-corrected chi connectivity index (χ3v) is 4.51. The third-order valence-electron chi connectivity index (χ3n) is 4.51. The summed E-state index contributed by atoms with van der Waals surface area (Å²) in [4.78, 5) is 0. The fraction of sp³-hybridized carbons (Fsp3) is 0.400. The lowest BCUT2D eigenvalue weighted by Crippen LogP contribution is -2.26. The van der Waals surface area contributed by atoms with Gasteiger partial charge in [-0.2, -0.15) is 0 Å². The van der Waals surface area contributed by atoms with Crippen LogP contribution >= 0.6 is 0 Å². The van der Waals surface area contributed by atoms with Crippen LogP contribution in [0.2, 0.25) is 0 Å². The summed E-state index contributed by atoms with van der Waals surface area (Å²) in [6, 6.07) is 14.1. The van der Waals surface area contributed by atoms with E-state index in [0.717, 1.165) is 42.1 Å². The van der Waals surface area contributed by atoms with E-state index in [0.29, 0.717) is 6.54 Å². The lowest BCUT2D eigenvalue weighted by Gasteiger charge is -2.21. The summed E-state index contributed by atoms with van der Waals surface area (Å²) in [5.74, 6) is 1.72. The Bertz CT molecular complexity index is 669. The number of methoxy groups -OCH3 is 1. The number of rotatable bonds is 5. The monoisotopic (exact) mass is 327 g/mol. The van der Waals surface area contributed by atoms with Gasteiger partial charge < -0.3 is 19.9 Å². The van der Waals surface area contributed by atoms with Crippen molar-refractivity contribution >= 4 is 0 Å². The van der Waals surface area contributed by atoms with Crippen molar-refractivity contribution in [2.24, 2.45) is 0 Å². The maximum Gasteiger partial charge on any atom is 0.124 e. The second kappa shape index (κ2) is 7.69. The molecular weight excluding hydrogens is 302 g/mol. The summed E-state index contributed by atoms with van der Waals surface area (Å²) in [6.45, 7) is 3.27. The fourth-order valence-electron chi connectivity index (χ4n) is 3.05. The van der Waals surface area contributed by atoms with Crippen molar-refractivity contribution in [3.8, 4) is 11.5 Å². The molecule has 0 bridgehead atoms. The number of hydrogen-bond donors (Lipinski definition) is 2. The lowest BCUT2D eigenvalue weighted by atomic mass is 10.0. The second-order valence-electron chi connectivity index (χ2n) is 6.28. The minimum absolute atomic E-state index is 0.151. The molecule has 24 heavy (non-hydrogen) atoms. The van der Waals surface area contributed by atoms with Gasteiger partial charge in [0.05, 0.1) is 19.8 Å². The van der Waals surface area contributed by atoms with E-state index in [1.165, 1.54) is 5.56 Å². The highest BCUT2D eigenvalue weighted by Gasteiger charge is 2.21. The van der Waals surface area contributed by atoms with Gasteiger partial charge in [-0.3, -0.25) is 0 Å². The van der Waals surface area contributed by atoms with Crippen LogP contribution < -0.4 is 14.8 Å². The van der Waals surface area contributed by atoms with E-state index in [1.54, 1.807) is 7.11 Å². The predicted octanol–water partition coefficient (Wildman–Crippen LogP) is 3.54. The molecule has 128 valence electrons. The third kappa shape index (κ3) is 3.89. The lowest BCUT2D eigenvalue weighted by molar-refractivity contribution is 0.169. The van der Waals surface area contributed by atoms with E-state index in [2.05, 4.69) is 5.32 Å². The van der Waals surface area contributed by atoms with E-state index < -0.39 is 6.10 Å². The molecule has 0 saturated heterocycles. The normalized spacial score (nSPS) is 18.2. The quantitative estimate of drug-likeness (QED) is 0.882. The van der Waals surface area contributed by atoms with Crippen molar-refractivity contribution < 1.29 is 14.6 Å². The first kappa shape index (κ1) is 16.8. The van der Waals surface area contributed by atoms with Gasteiger partial charge in [0.1, 0.15) is 11.5 Å². The van der Waals surface area contributed by atoms with Gasteiger partial charge in [0.2, 0.25) is 0 Å². The molecule has 0 radical (unpaired) electrons. The second-order valence-corrected chi connectivity index (χ2v) is 6.28. The Morgan fingerprint density at radius 2 is 2.04 bits per heavy atom. The number of aliphatic hydroxyl groups is 1. The Kier molecular flexibility index (Phi) is 5.38. The minimum atomic E-state index is -0.524. The molecule has 1 aliphatic heterocycles. The van der Waals surface area contributed by atoms with Gasteiger partial charge >= 0.3 is 0 Å². The number of aryl methyl sites for hydroxylation is 1. The minimum Gasteiger partial charge on any atom is -0.497 e. The van der Waals surface area contributed by atoms with E-state index >= 15 is 0 Å². The van der Waals surface area contributed by atoms with Crippen molar-refractivity contribution in [1.29, 1.82) is 0 Å². The molecule has 2 N–H and O–H groups in total. The molecule has 4 nitrogen and oxygen atoms in total. The summed E-state index contributed by atoms with van der Waals surface area (Å²) in [5, 5.41) is 13.9. The fourth-order valence-corrected chi connectivity index (χ4v) is 3.05. The average Bonchev–Trinajstić information content (AvgIpc) is 2.81. The molecule has 1 heterocycles. The highest BCUT2D eigenvalue weighted by atomic mass is 16.5. The van der Waals surface area contributed by atoms with Crippen LogP contribution in [0, 0.1) is 6.92 Å². The van der Waals surface area contributed by atoms with Gasteiger partial charge in [0.15, 0.2) is 0 Å². The summed E-state index contributed by atoms with van der Waals surface area (Å²) >= 11 is 0. The van der Waals surface area contributed by atoms with Crippen LogP contribution in [0.25, 0.3) is 0 Å². The van der Waals surface area contributed by atoms with Gasteiger partial charge in [0, 0.05) is 18.2 Å². The van der Waals surface area contributed by atoms with E-state index in [-0.39, 0.29) is 6.04 Å². The van der Waals surface area contributed by atoms with Crippen LogP contribution in [0.15, 0.2) is 42.5 Å². The number of fused-ring (bicyclic) bond motifs is 1. The number of benzene rings is 2. The Hall–Kier alpha value is -2.04. The maximum atomic E-state index is 10.4. The standard InChI is InChI=1S/C20H25NO3/c1-14-5-7-15(8-6-14)19(22)13-21-18-4-3-11-24-20-10-9-16(23-2)12-17(18)20/h5-10,12,18-19,21-22H,3-4,11,13H2,1-2H3. The first-order chi connectivity index (χ1) is 11.7. The van der Waals surface area contributed by atoms with E-state index in [1.807, 2.05) is 49.4 Å². The first-order valence-corrected chi connectivity index (χ1v) is 8.46. The Labute approximate surface area is 143 Å². The van der Waals surface area contributed by atoms with Gasteiger partial charge in [-0.05, 0) is 43.5 Å². The zero-order chi connectivity index (χ0) is 16.9. The largest absolute Gasteiger partial charge is 0.497 e. The number of ether oxygens (including phenoxy) is 2. The topological polar surface area (TPSA) is 50.7 Å². The predicted molar refractivity (Wildman–Crippen MR) is 94.6 cm³/mol. The molecule has 2 atom stereocenters. The zero-order valence-electron chi connectivity index (χ0n) is 14.3. The molecule has 0 saturated carbocycles. The highest BCUT2D eigenvalue weighted by molar-refractivity contribution is 5.42. The van der Waals surface area contributed by atoms with Gasteiger partial charge in [0.25, 0.3) is 0 Å². The maximum absolute atomic E-state index is 10.4. The number of nitrogens with one attached hydrogen (secondary N) is 1. The van der Waals surface area contributed by atoms with Crippen LogP contribution in [0.1, 0.15) is 41.7 Å². The van der Waals surface area contributed by atoms with Crippen LogP contribution in [0.4, 0.5) is 0 Å². The molecule has 1 aliphatic rings. The smallest absolute Gasteiger partial charge is 0.124 e. The summed E-state index contributed by atoms with van der Waals surface area (Å²) in [5.41, 5.74) is 3.23. The van der Waals surface area contributed by atoms with E-state index in [9.17, 15) is 5.11 Å².